The van der Waals surface area contributed by atoms with Crippen molar-refractivity contribution in [2.45, 2.75) is 5.41 Å². The SMILES string of the molecule is c1ccc2c(c1)-c1ccccc1C21c2ccccc2-c2c(Nc3ccc(-c4cccc5c(-c6cccc7ccccc67)cccc45)cc3)cccc21. The van der Waals surface area contributed by atoms with Gasteiger partial charge in [-0.3, -0.25) is 0 Å². The highest BCUT2D eigenvalue weighted by Gasteiger charge is 2.51. The van der Waals surface area contributed by atoms with Crippen molar-refractivity contribution in [1.82, 2.24) is 0 Å². The molecule has 0 amide bonds. The Balaban J connectivity index is 1.00. The highest BCUT2D eigenvalue weighted by atomic mass is 14.9. The van der Waals surface area contributed by atoms with Gasteiger partial charge in [-0.05, 0) is 101 Å². The molecule has 2 aliphatic carbocycles. The van der Waals surface area contributed by atoms with Crippen LogP contribution in [0.25, 0.3) is 66.1 Å². The van der Waals surface area contributed by atoms with E-state index in [4.69, 9.17) is 0 Å². The second-order valence-electron chi connectivity index (χ2n) is 14.1. The van der Waals surface area contributed by atoms with Gasteiger partial charge in [0.2, 0.25) is 0 Å². The molecule has 0 aliphatic heterocycles. The molecule has 9 aromatic rings. The van der Waals surface area contributed by atoms with E-state index in [0.29, 0.717) is 0 Å². The summed E-state index contributed by atoms with van der Waals surface area (Å²) >= 11 is 0. The quantitative estimate of drug-likeness (QED) is 0.198. The first-order valence-corrected chi connectivity index (χ1v) is 18.1. The smallest absolute Gasteiger partial charge is 0.0726 e. The van der Waals surface area contributed by atoms with Crippen LogP contribution in [0.5, 0.6) is 0 Å². The first kappa shape index (κ1) is 29.1. The van der Waals surface area contributed by atoms with Gasteiger partial charge in [0.15, 0.2) is 0 Å². The number of hydrogen-bond acceptors (Lipinski definition) is 1. The van der Waals surface area contributed by atoms with Crippen LogP contribution in [0.4, 0.5) is 11.4 Å². The summed E-state index contributed by atoms with van der Waals surface area (Å²) in [5.41, 5.74) is 17.5. The second-order valence-corrected chi connectivity index (χ2v) is 14.1. The van der Waals surface area contributed by atoms with E-state index in [-0.39, 0.29) is 5.41 Å². The van der Waals surface area contributed by atoms with Crippen LogP contribution in [0.3, 0.4) is 0 Å². The fourth-order valence-electron chi connectivity index (χ4n) is 9.39. The molecule has 0 saturated carbocycles. The molecule has 0 saturated heterocycles. The average Bonchev–Trinajstić information content (AvgIpc) is 3.69. The highest BCUT2D eigenvalue weighted by Crippen LogP contribution is 2.63. The number of anilines is 2. The topological polar surface area (TPSA) is 12.0 Å². The van der Waals surface area contributed by atoms with Gasteiger partial charge in [0.25, 0.3) is 0 Å². The van der Waals surface area contributed by atoms with E-state index in [0.717, 1.165) is 11.4 Å². The Morgan fingerprint density at radius 2 is 0.769 bits per heavy atom. The molecule has 0 unspecified atom stereocenters. The average molecular weight is 660 g/mol. The van der Waals surface area contributed by atoms with Gasteiger partial charge in [0, 0.05) is 16.9 Å². The Hall–Kier alpha value is -6.70. The van der Waals surface area contributed by atoms with Crippen LogP contribution in [0.1, 0.15) is 22.3 Å². The summed E-state index contributed by atoms with van der Waals surface area (Å²) in [5.74, 6) is 0. The fourth-order valence-corrected chi connectivity index (χ4v) is 9.39. The van der Waals surface area contributed by atoms with Crippen molar-refractivity contribution in [3.8, 4) is 44.5 Å². The third-order valence-electron chi connectivity index (χ3n) is 11.5. The summed E-state index contributed by atoms with van der Waals surface area (Å²) in [6.07, 6.45) is 0. The maximum atomic E-state index is 3.86. The van der Waals surface area contributed by atoms with E-state index in [1.807, 2.05) is 0 Å². The maximum absolute atomic E-state index is 3.86. The van der Waals surface area contributed by atoms with Gasteiger partial charge in [-0.15, -0.1) is 0 Å². The lowest BCUT2D eigenvalue weighted by atomic mass is 9.70. The predicted octanol–water partition coefficient (Wildman–Crippen LogP) is 13.4. The lowest BCUT2D eigenvalue weighted by Crippen LogP contribution is -2.25. The lowest BCUT2D eigenvalue weighted by molar-refractivity contribution is 0.794. The largest absolute Gasteiger partial charge is 0.355 e. The summed E-state index contributed by atoms with van der Waals surface area (Å²) in [7, 11) is 0. The minimum atomic E-state index is -0.347. The molecular formula is C51H33N. The maximum Gasteiger partial charge on any atom is 0.0726 e. The molecule has 0 fully saturated rings. The Bertz CT molecular complexity index is 2830. The third kappa shape index (κ3) is 3.99. The molecule has 1 heteroatoms. The van der Waals surface area contributed by atoms with Crippen molar-refractivity contribution < 1.29 is 0 Å². The summed E-state index contributed by atoms with van der Waals surface area (Å²) < 4.78 is 0. The summed E-state index contributed by atoms with van der Waals surface area (Å²) in [6, 6.07) is 71.4. The third-order valence-corrected chi connectivity index (χ3v) is 11.5. The molecule has 1 nitrogen and oxygen atoms in total. The minimum absolute atomic E-state index is 0.347. The van der Waals surface area contributed by atoms with Crippen molar-refractivity contribution in [2.75, 3.05) is 5.32 Å². The van der Waals surface area contributed by atoms with Gasteiger partial charge < -0.3 is 5.32 Å². The summed E-state index contributed by atoms with van der Waals surface area (Å²) in [4.78, 5) is 0. The van der Waals surface area contributed by atoms with Crippen molar-refractivity contribution >= 4 is 32.9 Å². The summed E-state index contributed by atoms with van der Waals surface area (Å²) in [6.45, 7) is 0. The van der Waals surface area contributed by atoms with E-state index < -0.39 is 0 Å². The van der Waals surface area contributed by atoms with Crippen LogP contribution in [0, 0.1) is 0 Å². The lowest BCUT2D eigenvalue weighted by Gasteiger charge is -2.30. The molecule has 9 aromatic carbocycles. The van der Waals surface area contributed by atoms with Gasteiger partial charge in [0.05, 0.1) is 5.41 Å². The van der Waals surface area contributed by atoms with Gasteiger partial charge in [-0.25, -0.2) is 0 Å². The molecule has 1 spiro atoms. The van der Waals surface area contributed by atoms with Gasteiger partial charge in [-0.2, -0.15) is 0 Å². The highest BCUT2D eigenvalue weighted by molar-refractivity contribution is 6.09. The number of nitrogens with one attached hydrogen (secondary N) is 1. The van der Waals surface area contributed by atoms with Crippen molar-refractivity contribution in [3.05, 3.63) is 216 Å². The van der Waals surface area contributed by atoms with E-state index >= 15 is 0 Å². The van der Waals surface area contributed by atoms with Crippen LogP contribution < -0.4 is 5.32 Å². The molecule has 0 bridgehead atoms. The van der Waals surface area contributed by atoms with Crippen LogP contribution in [0.2, 0.25) is 0 Å². The Labute approximate surface area is 303 Å². The molecule has 0 aromatic heterocycles. The van der Waals surface area contributed by atoms with Crippen LogP contribution in [-0.2, 0) is 5.41 Å². The molecular weight excluding hydrogens is 627 g/mol. The minimum Gasteiger partial charge on any atom is -0.355 e. The monoisotopic (exact) mass is 659 g/mol. The molecule has 242 valence electrons. The number of hydrogen-bond donors (Lipinski definition) is 1. The molecule has 1 N–H and O–H groups in total. The summed E-state index contributed by atoms with van der Waals surface area (Å²) in [5, 5.41) is 8.93. The first-order valence-electron chi connectivity index (χ1n) is 18.1. The zero-order valence-electron chi connectivity index (χ0n) is 28.5. The Morgan fingerprint density at radius 3 is 1.50 bits per heavy atom. The van der Waals surface area contributed by atoms with Crippen LogP contribution in [0.15, 0.2) is 194 Å². The van der Waals surface area contributed by atoms with Crippen molar-refractivity contribution in [1.29, 1.82) is 0 Å². The van der Waals surface area contributed by atoms with Crippen molar-refractivity contribution in [2.24, 2.45) is 0 Å². The van der Waals surface area contributed by atoms with Crippen molar-refractivity contribution in [3.63, 3.8) is 0 Å². The number of rotatable bonds is 4. The van der Waals surface area contributed by atoms with Crippen LogP contribution >= 0.6 is 0 Å². The molecule has 0 radical (unpaired) electrons. The Morgan fingerprint density at radius 1 is 0.308 bits per heavy atom. The fraction of sp³-hybridized carbons (Fsp3) is 0.0196. The van der Waals surface area contributed by atoms with E-state index in [2.05, 4.69) is 199 Å². The van der Waals surface area contributed by atoms with E-state index in [1.54, 1.807) is 0 Å². The molecule has 52 heavy (non-hydrogen) atoms. The van der Waals surface area contributed by atoms with Gasteiger partial charge >= 0.3 is 0 Å². The second kappa shape index (κ2) is 11.2. The first-order chi connectivity index (χ1) is 25.8. The normalized spacial score (nSPS) is 13.2. The van der Waals surface area contributed by atoms with Crippen LogP contribution in [-0.4, -0.2) is 0 Å². The molecule has 0 heterocycles. The molecule has 11 rings (SSSR count). The zero-order valence-corrected chi connectivity index (χ0v) is 28.5. The van der Waals surface area contributed by atoms with E-state index in [9.17, 15) is 0 Å². The number of fused-ring (bicyclic) bond motifs is 12. The number of benzene rings is 9. The Kier molecular flexibility index (Phi) is 6.23. The van der Waals surface area contributed by atoms with Gasteiger partial charge in [-0.1, -0.05) is 176 Å². The van der Waals surface area contributed by atoms with Gasteiger partial charge in [0.1, 0.15) is 0 Å². The predicted molar refractivity (Wildman–Crippen MR) is 218 cm³/mol. The van der Waals surface area contributed by atoms with E-state index in [1.165, 1.54) is 88.3 Å². The molecule has 2 aliphatic rings. The standard InChI is InChI=1S/C51H33N/c1-2-15-36-33(13-1)14-9-20-38(36)41-23-11-21-39-37(19-10-22-40(39)41)34-29-31-35(32-30-34)52-49-28-12-27-48-50(49)44-18-5-8-26-47(44)51(48)45-24-6-3-16-42(45)43-17-4-7-25-46(43)51/h1-32,52H. The molecule has 0 atom stereocenters. The zero-order chi connectivity index (χ0) is 34.2.